The lowest BCUT2D eigenvalue weighted by molar-refractivity contribution is -0.134. The largest absolute Gasteiger partial charge is 0.347 e. The van der Waals surface area contributed by atoms with Gasteiger partial charge >= 0.3 is 0 Å². The molecule has 1 aromatic rings. The number of hydrogen-bond acceptors (Lipinski definition) is 4. The van der Waals surface area contributed by atoms with Gasteiger partial charge in [-0.15, -0.1) is 10.2 Å². The number of likely N-dealkylation sites (tertiary alicyclic amines) is 1. The van der Waals surface area contributed by atoms with Gasteiger partial charge in [-0.25, -0.2) is 0 Å². The third-order valence-corrected chi connectivity index (χ3v) is 4.55. The van der Waals surface area contributed by atoms with Crippen molar-refractivity contribution >= 4 is 11.8 Å². The molecule has 2 amide bonds. The van der Waals surface area contributed by atoms with E-state index in [1.807, 2.05) is 23.3 Å². The van der Waals surface area contributed by atoms with Crippen molar-refractivity contribution in [2.75, 3.05) is 13.1 Å². The number of hydrogen-bond donors (Lipinski definition) is 1. The number of aromatic nitrogens is 3. The van der Waals surface area contributed by atoms with E-state index in [0.29, 0.717) is 12.5 Å². The van der Waals surface area contributed by atoms with Crippen molar-refractivity contribution in [1.29, 1.82) is 0 Å². The fraction of sp³-hybridized carbons (Fsp3) is 0.765. The van der Waals surface area contributed by atoms with Gasteiger partial charge in [0, 0.05) is 19.0 Å². The van der Waals surface area contributed by atoms with E-state index in [1.165, 1.54) is 0 Å². The highest BCUT2D eigenvalue weighted by Crippen LogP contribution is 2.30. The van der Waals surface area contributed by atoms with Crippen molar-refractivity contribution in [3.05, 3.63) is 12.2 Å². The minimum absolute atomic E-state index is 0.0424. The predicted molar refractivity (Wildman–Crippen MR) is 91.0 cm³/mol. The van der Waals surface area contributed by atoms with Crippen LogP contribution in [0.5, 0.6) is 0 Å². The normalized spacial score (nSPS) is 18.9. The minimum atomic E-state index is -0.0682. The van der Waals surface area contributed by atoms with Gasteiger partial charge in [0.15, 0.2) is 5.82 Å². The molecule has 0 radical (unpaired) electrons. The van der Waals surface area contributed by atoms with E-state index in [4.69, 9.17) is 0 Å². The Morgan fingerprint density at radius 2 is 2.12 bits per heavy atom. The van der Waals surface area contributed by atoms with Crippen molar-refractivity contribution in [2.45, 2.75) is 59.5 Å². The van der Waals surface area contributed by atoms with Gasteiger partial charge in [0.05, 0.1) is 12.6 Å². The van der Waals surface area contributed by atoms with Crippen LogP contribution < -0.4 is 5.32 Å². The van der Waals surface area contributed by atoms with Crippen LogP contribution in [0.3, 0.4) is 0 Å². The van der Waals surface area contributed by atoms with Gasteiger partial charge in [0.2, 0.25) is 11.8 Å². The highest BCUT2D eigenvalue weighted by atomic mass is 16.2. The fourth-order valence-corrected chi connectivity index (χ4v) is 3.01. The van der Waals surface area contributed by atoms with Crippen LogP contribution in [0.15, 0.2) is 6.33 Å². The second kappa shape index (κ2) is 8.26. The predicted octanol–water partition coefficient (Wildman–Crippen LogP) is 1.76. The van der Waals surface area contributed by atoms with Crippen molar-refractivity contribution < 1.29 is 9.59 Å². The summed E-state index contributed by atoms with van der Waals surface area (Å²) in [5.74, 6) is 1.15. The summed E-state index contributed by atoms with van der Waals surface area (Å²) in [6.45, 7) is 9.72. The number of rotatable bonds is 7. The van der Waals surface area contributed by atoms with Gasteiger partial charge in [0.25, 0.3) is 0 Å². The Kier molecular flexibility index (Phi) is 6.34. The molecule has 24 heavy (non-hydrogen) atoms. The average Bonchev–Trinajstić information content (AvgIpc) is 3.19. The third kappa shape index (κ3) is 4.33. The monoisotopic (exact) mass is 335 g/mol. The number of carbonyl (C=O) groups is 2. The third-order valence-electron chi connectivity index (χ3n) is 4.55. The Balaban J connectivity index is 2.01. The molecule has 134 valence electrons. The minimum Gasteiger partial charge on any atom is -0.347 e. The highest BCUT2D eigenvalue weighted by molar-refractivity contribution is 5.86. The maximum atomic E-state index is 12.6. The summed E-state index contributed by atoms with van der Waals surface area (Å²) >= 11 is 0. The molecule has 1 N–H and O–H groups in total. The average molecular weight is 335 g/mol. The number of carbonyl (C=O) groups excluding carboxylic acids is 2. The molecule has 2 atom stereocenters. The molecule has 1 aliphatic rings. The lowest BCUT2D eigenvalue weighted by Crippen LogP contribution is -2.41. The van der Waals surface area contributed by atoms with E-state index < -0.39 is 0 Å². The molecule has 1 aromatic heterocycles. The lowest BCUT2D eigenvalue weighted by Gasteiger charge is -2.25. The van der Waals surface area contributed by atoms with Crippen LogP contribution >= 0.6 is 0 Å². The molecule has 0 bridgehead atoms. The first-order chi connectivity index (χ1) is 11.4. The maximum Gasteiger partial charge on any atom is 0.242 e. The quantitative estimate of drug-likeness (QED) is 0.823. The van der Waals surface area contributed by atoms with Crippen LogP contribution in [0.25, 0.3) is 0 Å². The summed E-state index contributed by atoms with van der Waals surface area (Å²) in [5, 5.41) is 11.0. The molecule has 0 aliphatic carbocycles. The molecule has 7 heteroatoms. The van der Waals surface area contributed by atoms with Crippen LogP contribution in [-0.4, -0.2) is 44.6 Å². The second-order valence-corrected chi connectivity index (χ2v) is 7.01. The molecule has 1 saturated heterocycles. The molecule has 0 saturated carbocycles. The Morgan fingerprint density at radius 3 is 2.79 bits per heavy atom. The first-order valence-corrected chi connectivity index (χ1v) is 8.88. The standard InChI is InChI=1S/C17H29N5O2/c1-5-13(4)17(24)18-9-15(23)22-8-6-7-14(22)16-20-19-11-21(16)10-12(2)3/h11-14H,5-10H2,1-4H3,(H,18,24)/t13-,14-/m0/s1. The van der Waals surface area contributed by atoms with Crippen molar-refractivity contribution in [3.63, 3.8) is 0 Å². The maximum absolute atomic E-state index is 12.6. The second-order valence-electron chi connectivity index (χ2n) is 7.01. The number of nitrogens with zero attached hydrogens (tertiary/aromatic N) is 4. The van der Waals surface area contributed by atoms with Gasteiger partial charge in [-0.1, -0.05) is 27.7 Å². The van der Waals surface area contributed by atoms with Gasteiger partial charge in [0.1, 0.15) is 6.33 Å². The molecule has 7 nitrogen and oxygen atoms in total. The van der Waals surface area contributed by atoms with E-state index in [2.05, 4.69) is 29.4 Å². The Labute approximate surface area is 143 Å². The van der Waals surface area contributed by atoms with Crippen LogP contribution in [0.2, 0.25) is 0 Å². The summed E-state index contributed by atoms with van der Waals surface area (Å²) in [6, 6.07) is -0.0424. The molecule has 0 unspecified atom stereocenters. The first kappa shape index (κ1) is 18.4. The zero-order valence-electron chi connectivity index (χ0n) is 15.2. The highest BCUT2D eigenvalue weighted by Gasteiger charge is 2.33. The van der Waals surface area contributed by atoms with Crippen LogP contribution in [0.1, 0.15) is 58.8 Å². The van der Waals surface area contributed by atoms with Gasteiger partial charge in [-0.2, -0.15) is 0 Å². The Bertz CT molecular complexity index is 569. The Hall–Kier alpha value is -1.92. The molecular weight excluding hydrogens is 306 g/mol. The fourth-order valence-electron chi connectivity index (χ4n) is 3.01. The number of nitrogens with one attached hydrogen (secondary N) is 1. The van der Waals surface area contributed by atoms with Gasteiger partial charge < -0.3 is 14.8 Å². The van der Waals surface area contributed by atoms with E-state index in [9.17, 15) is 9.59 Å². The topological polar surface area (TPSA) is 80.1 Å². The lowest BCUT2D eigenvalue weighted by atomic mass is 10.1. The van der Waals surface area contributed by atoms with E-state index in [-0.39, 0.29) is 30.3 Å². The van der Waals surface area contributed by atoms with Gasteiger partial charge in [-0.3, -0.25) is 9.59 Å². The number of amides is 2. The molecule has 2 heterocycles. The van der Waals surface area contributed by atoms with E-state index in [0.717, 1.165) is 31.6 Å². The van der Waals surface area contributed by atoms with E-state index >= 15 is 0 Å². The summed E-state index contributed by atoms with van der Waals surface area (Å²) in [5.41, 5.74) is 0. The molecule has 0 aromatic carbocycles. The molecule has 2 rings (SSSR count). The zero-order valence-corrected chi connectivity index (χ0v) is 15.2. The van der Waals surface area contributed by atoms with Crippen LogP contribution in [0.4, 0.5) is 0 Å². The van der Waals surface area contributed by atoms with Gasteiger partial charge in [-0.05, 0) is 25.2 Å². The molecule has 1 aliphatic heterocycles. The van der Waals surface area contributed by atoms with Crippen molar-refractivity contribution in [2.24, 2.45) is 11.8 Å². The van der Waals surface area contributed by atoms with Crippen LogP contribution in [-0.2, 0) is 16.1 Å². The van der Waals surface area contributed by atoms with Crippen molar-refractivity contribution in [1.82, 2.24) is 25.0 Å². The van der Waals surface area contributed by atoms with Crippen molar-refractivity contribution in [3.8, 4) is 0 Å². The Morgan fingerprint density at radius 1 is 1.38 bits per heavy atom. The smallest absolute Gasteiger partial charge is 0.242 e. The summed E-state index contributed by atoms with van der Waals surface area (Å²) < 4.78 is 2.04. The van der Waals surface area contributed by atoms with Crippen LogP contribution in [0, 0.1) is 11.8 Å². The first-order valence-electron chi connectivity index (χ1n) is 8.88. The zero-order chi connectivity index (χ0) is 17.7. The molecule has 0 spiro atoms. The SMILES string of the molecule is CC[C@H](C)C(=O)NCC(=O)N1CCC[C@H]1c1nncn1CC(C)C. The summed E-state index contributed by atoms with van der Waals surface area (Å²) in [7, 11) is 0. The summed E-state index contributed by atoms with van der Waals surface area (Å²) in [6.07, 6.45) is 4.35. The molecule has 1 fully saturated rings. The van der Waals surface area contributed by atoms with E-state index in [1.54, 1.807) is 6.33 Å². The summed E-state index contributed by atoms with van der Waals surface area (Å²) in [4.78, 5) is 26.3. The molecular formula is C17H29N5O2.